The van der Waals surface area contributed by atoms with E-state index < -0.39 is 10.0 Å². The molecule has 0 atom stereocenters. The van der Waals surface area contributed by atoms with E-state index in [1.165, 1.54) is 28.6 Å². The third kappa shape index (κ3) is 6.35. The summed E-state index contributed by atoms with van der Waals surface area (Å²) in [7, 11) is -3.67. The lowest BCUT2D eigenvalue weighted by molar-refractivity contribution is -0.119. The van der Waals surface area contributed by atoms with E-state index in [-0.39, 0.29) is 35.4 Å². The van der Waals surface area contributed by atoms with Crippen LogP contribution in [0.3, 0.4) is 0 Å². The molecule has 0 saturated heterocycles. The largest absolute Gasteiger partial charge is 0.332 e. The molecule has 6 nitrogen and oxygen atoms in total. The molecule has 2 N–H and O–H groups in total. The molecule has 0 aromatic heterocycles. The van der Waals surface area contributed by atoms with E-state index in [4.69, 9.17) is 12.2 Å². The first-order valence-electron chi connectivity index (χ1n) is 9.25. The molecule has 0 aliphatic rings. The number of carbonyl (C=O) groups is 1. The summed E-state index contributed by atoms with van der Waals surface area (Å²) in [4.78, 5) is 12.4. The highest BCUT2D eigenvalue weighted by molar-refractivity contribution is 7.89. The SMILES string of the molecule is C=CCN(CC=C)S(=O)(=O)c1ccc(NC(=S)NC(=O)Cc2ccccc2C)cc1. The highest BCUT2D eigenvalue weighted by atomic mass is 32.2. The van der Waals surface area contributed by atoms with E-state index in [2.05, 4.69) is 23.8 Å². The number of anilines is 1. The summed E-state index contributed by atoms with van der Waals surface area (Å²) in [5.41, 5.74) is 2.52. The molecule has 0 fully saturated rings. The van der Waals surface area contributed by atoms with Crippen molar-refractivity contribution in [2.24, 2.45) is 0 Å². The lowest BCUT2D eigenvalue weighted by Gasteiger charge is -2.19. The smallest absolute Gasteiger partial charge is 0.243 e. The molecule has 0 unspecified atom stereocenters. The Morgan fingerprint density at radius 1 is 1.07 bits per heavy atom. The fourth-order valence-corrected chi connectivity index (χ4v) is 4.35. The van der Waals surface area contributed by atoms with Crippen molar-refractivity contribution in [1.82, 2.24) is 9.62 Å². The van der Waals surface area contributed by atoms with E-state index in [0.717, 1.165) is 11.1 Å². The molecular weight excluding hydrogens is 418 g/mol. The Morgan fingerprint density at radius 2 is 1.67 bits per heavy atom. The van der Waals surface area contributed by atoms with Gasteiger partial charge in [0.25, 0.3) is 0 Å². The van der Waals surface area contributed by atoms with Gasteiger partial charge in [0, 0.05) is 18.8 Å². The predicted octanol–water partition coefficient (Wildman–Crippen LogP) is 3.41. The first-order valence-corrected chi connectivity index (χ1v) is 11.1. The lowest BCUT2D eigenvalue weighted by atomic mass is 10.1. The summed E-state index contributed by atoms with van der Waals surface area (Å²) in [5, 5.41) is 5.67. The van der Waals surface area contributed by atoms with Gasteiger partial charge in [0.2, 0.25) is 15.9 Å². The van der Waals surface area contributed by atoms with Gasteiger partial charge in [-0.25, -0.2) is 8.42 Å². The van der Waals surface area contributed by atoms with Crippen molar-refractivity contribution in [3.05, 3.63) is 85.0 Å². The van der Waals surface area contributed by atoms with Crippen molar-refractivity contribution in [2.45, 2.75) is 18.2 Å². The minimum absolute atomic E-state index is 0.143. The molecule has 0 bridgehead atoms. The van der Waals surface area contributed by atoms with Crippen LogP contribution in [0.25, 0.3) is 0 Å². The minimum atomic E-state index is -3.67. The van der Waals surface area contributed by atoms with Crippen LogP contribution < -0.4 is 10.6 Å². The standard InChI is InChI=1S/C22H25N3O3S2/c1-4-14-25(15-5-2)30(27,28)20-12-10-19(11-13-20)23-22(29)24-21(26)16-18-9-7-6-8-17(18)3/h4-13H,1-2,14-16H2,3H3,(H2,23,24,26,29). The topological polar surface area (TPSA) is 78.5 Å². The Kier molecular flexibility index (Phi) is 8.46. The van der Waals surface area contributed by atoms with Crippen molar-refractivity contribution < 1.29 is 13.2 Å². The van der Waals surface area contributed by atoms with E-state index in [9.17, 15) is 13.2 Å². The molecule has 0 saturated carbocycles. The number of sulfonamides is 1. The number of thiocarbonyl (C=S) groups is 1. The zero-order valence-corrected chi connectivity index (χ0v) is 18.4. The molecule has 158 valence electrons. The fraction of sp³-hybridized carbons (Fsp3) is 0.182. The number of rotatable bonds is 9. The Hall–Kier alpha value is -2.81. The monoisotopic (exact) mass is 443 g/mol. The molecule has 0 spiro atoms. The molecule has 0 aliphatic heterocycles. The molecule has 2 rings (SSSR count). The van der Waals surface area contributed by atoms with Gasteiger partial charge in [-0.15, -0.1) is 13.2 Å². The molecule has 1 amide bonds. The van der Waals surface area contributed by atoms with Crippen LogP contribution in [-0.4, -0.2) is 36.8 Å². The second kappa shape index (κ2) is 10.8. The van der Waals surface area contributed by atoms with Crippen LogP contribution >= 0.6 is 12.2 Å². The van der Waals surface area contributed by atoms with Crippen molar-refractivity contribution in [3.63, 3.8) is 0 Å². The number of benzene rings is 2. The van der Waals surface area contributed by atoms with Gasteiger partial charge < -0.3 is 10.6 Å². The van der Waals surface area contributed by atoms with Crippen molar-refractivity contribution in [1.29, 1.82) is 0 Å². The molecule has 0 aliphatic carbocycles. The number of nitrogens with one attached hydrogen (secondary N) is 2. The van der Waals surface area contributed by atoms with Crippen molar-refractivity contribution in [3.8, 4) is 0 Å². The highest BCUT2D eigenvalue weighted by Gasteiger charge is 2.22. The third-order valence-corrected chi connectivity index (χ3v) is 6.33. The number of aryl methyl sites for hydroxylation is 1. The number of nitrogens with zero attached hydrogens (tertiary/aromatic N) is 1. The molecule has 0 radical (unpaired) electrons. The molecule has 0 heterocycles. The highest BCUT2D eigenvalue weighted by Crippen LogP contribution is 2.18. The average molecular weight is 444 g/mol. The molecule has 30 heavy (non-hydrogen) atoms. The summed E-state index contributed by atoms with van der Waals surface area (Å²) < 4.78 is 26.7. The Bertz CT molecular complexity index is 1020. The van der Waals surface area contributed by atoms with E-state index in [0.29, 0.717) is 5.69 Å². The first kappa shape index (κ1) is 23.5. The van der Waals surface area contributed by atoms with Gasteiger partial charge in [-0.2, -0.15) is 4.31 Å². The van der Waals surface area contributed by atoms with Crippen LogP contribution in [0.15, 0.2) is 78.7 Å². The maximum Gasteiger partial charge on any atom is 0.243 e. The second-order valence-electron chi connectivity index (χ2n) is 6.53. The van der Waals surface area contributed by atoms with Gasteiger partial charge in [0.05, 0.1) is 11.3 Å². The van der Waals surface area contributed by atoms with Gasteiger partial charge >= 0.3 is 0 Å². The second-order valence-corrected chi connectivity index (χ2v) is 8.88. The Labute approximate surface area is 183 Å². The zero-order valence-electron chi connectivity index (χ0n) is 16.8. The van der Waals surface area contributed by atoms with Crippen LogP contribution in [0.1, 0.15) is 11.1 Å². The van der Waals surface area contributed by atoms with Gasteiger partial charge in [-0.1, -0.05) is 36.4 Å². The van der Waals surface area contributed by atoms with E-state index in [1.54, 1.807) is 12.1 Å². The summed E-state index contributed by atoms with van der Waals surface area (Å²) in [6.07, 6.45) is 3.26. The van der Waals surface area contributed by atoms with Crippen molar-refractivity contribution >= 4 is 38.9 Å². The maximum atomic E-state index is 12.7. The number of hydrogen-bond acceptors (Lipinski definition) is 4. The molecule has 2 aromatic carbocycles. The normalized spacial score (nSPS) is 11.0. The number of hydrogen-bond donors (Lipinski definition) is 2. The number of amides is 1. The minimum Gasteiger partial charge on any atom is -0.332 e. The van der Waals surface area contributed by atoms with Gasteiger partial charge in [0.15, 0.2) is 5.11 Å². The summed E-state index contributed by atoms with van der Waals surface area (Å²) in [6, 6.07) is 13.8. The summed E-state index contributed by atoms with van der Waals surface area (Å²) in [5.74, 6) is -0.231. The Morgan fingerprint density at radius 3 is 2.23 bits per heavy atom. The molecule has 8 heteroatoms. The summed E-state index contributed by atoms with van der Waals surface area (Å²) >= 11 is 5.19. The number of carbonyl (C=O) groups excluding carboxylic acids is 1. The van der Waals surface area contributed by atoms with Crippen LogP contribution in [0.5, 0.6) is 0 Å². The van der Waals surface area contributed by atoms with Gasteiger partial charge in [0.1, 0.15) is 0 Å². The quantitative estimate of drug-likeness (QED) is 0.459. The van der Waals surface area contributed by atoms with Crippen molar-refractivity contribution in [2.75, 3.05) is 18.4 Å². The summed E-state index contributed by atoms with van der Waals surface area (Å²) in [6.45, 7) is 9.50. The Balaban J connectivity index is 2.00. The molecule has 2 aromatic rings. The van der Waals surface area contributed by atoms with Crippen LogP contribution in [0, 0.1) is 6.92 Å². The zero-order chi connectivity index (χ0) is 22.1. The average Bonchev–Trinajstić information content (AvgIpc) is 2.70. The van der Waals surface area contributed by atoms with Gasteiger partial charge in [-0.3, -0.25) is 4.79 Å². The maximum absolute atomic E-state index is 12.7. The van der Waals surface area contributed by atoms with E-state index >= 15 is 0 Å². The van der Waals surface area contributed by atoms with Crippen LogP contribution in [-0.2, 0) is 21.2 Å². The fourth-order valence-electron chi connectivity index (χ4n) is 2.73. The molecular formula is C22H25N3O3S2. The van der Waals surface area contributed by atoms with Crippen LogP contribution in [0.4, 0.5) is 5.69 Å². The third-order valence-electron chi connectivity index (χ3n) is 4.28. The predicted molar refractivity (Wildman–Crippen MR) is 125 cm³/mol. The first-order chi connectivity index (χ1) is 14.3. The van der Waals surface area contributed by atoms with E-state index in [1.807, 2.05) is 31.2 Å². The lowest BCUT2D eigenvalue weighted by Crippen LogP contribution is -2.35. The van der Waals surface area contributed by atoms with Crippen LogP contribution in [0.2, 0.25) is 0 Å². The van der Waals surface area contributed by atoms with Gasteiger partial charge in [-0.05, 0) is 54.5 Å².